The molecule has 8 heteroatoms. The molecule has 0 atom stereocenters. The van der Waals surface area contributed by atoms with Crippen molar-refractivity contribution in [2.75, 3.05) is 61.5 Å². The summed E-state index contributed by atoms with van der Waals surface area (Å²) >= 11 is 0. The van der Waals surface area contributed by atoms with Gasteiger partial charge < -0.3 is 25.4 Å². The van der Waals surface area contributed by atoms with Gasteiger partial charge in [0, 0.05) is 32.8 Å². The van der Waals surface area contributed by atoms with Crippen molar-refractivity contribution in [2.24, 2.45) is 0 Å². The number of aromatic nitrogens is 3. The average Bonchev–Trinajstić information content (AvgIpc) is 2.54. The van der Waals surface area contributed by atoms with Crippen molar-refractivity contribution in [3.63, 3.8) is 0 Å². The van der Waals surface area contributed by atoms with Crippen LogP contribution in [0.3, 0.4) is 0 Å². The largest absolute Gasteiger partial charge is 0.396 e. The zero-order valence-electron chi connectivity index (χ0n) is 12.5. The molecule has 118 valence electrons. The van der Waals surface area contributed by atoms with Gasteiger partial charge in [0.2, 0.25) is 17.8 Å². The SMILES string of the molecule is CCCNc1nc(NCCCO)nc(N2CCOCC2)n1. The van der Waals surface area contributed by atoms with Crippen molar-refractivity contribution in [1.82, 2.24) is 15.0 Å². The molecule has 1 aliphatic rings. The summed E-state index contributed by atoms with van der Waals surface area (Å²) in [5.41, 5.74) is 0. The predicted molar refractivity (Wildman–Crippen MR) is 81.8 cm³/mol. The van der Waals surface area contributed by atoms with Crippen molar-refractivity contribution in [1.29, 1.82) is 0 Å². The van der Waals surface area contributed by atoms with E-state index in [-0.39, 0.29) is 6.61 Å². The number of hydrogen-bond donors (Lipinski definition) is 3. The molecule has 1 aliphatic heterocycles. The zero-order valence-corrected chi connectivity index (χ0v) is 12.5. The Morgan fingerprint density at radius 3 is 2.38 bits per heavy atom. The van der Waals surface area contributed by atoms with Crippen LogP contribution in [0.25, 0.3) is 0 Å². The van der Waals surface area contributed by atoms with Gasteiger partial charge in [0.15, 0.2) is 0 Å². The molecular weight excluding hydrogens is 272 g/mol. The fraction of sp³-hybridized carbons (Fsp3) is 0.769. The molecule has 0 aliphatic carbocycles. The minimum absolute atomic E-state index is 0.148. The van der Waals surface area contributed by atoms with Crippen LogP contribution < -0.4 is 15.5 Å². The topological polar surface area (TPSA) is 95.4 Å². The van der Waals surface area contributed by atoms with E-state index in [0.717, 1.165) is 26.1 Å². The van der Waals surface area contributed by atoms with Crippen LogP contribution in [0.5, 0.6) is 0 Å². The predicted octanol–water partition coefficient (Wildman–Crippen LogP) is 0.324. The first kappa shape index (κ1) is 15.7. The third-order valence-electron chi connectivity index (χ3n) is 3.07. The Bertz CT molecular complexity index is 425. The number of rotatable bonds is 8. The van der Waals surface area contributed by atoms with E-state index in [4.69, 9.17) is 9.84 Å². The molecule has 0 unspecified atom stereocenters. The monoisotopic (exact) mass is 296 g/mol. The van der Waals surface area contributed by atoms with E-state index in [2.05, 4.69) is 37.4 Å². The van der Waals surface area contributed by atoms with E-state index >= 15 is 0 Å². The molecule has 1 aromatic rings. The molecule has 0 aromatic carbocycles. The molecule has 21 heavy (non-hydrogen) atoms. The second-order valence-electron chi connectivity index (χ2n) is 4.81. The molecular formula is C13H24N6O2. The summed E-state index contributed by atoms with van der Waals surface area (Å²) in [6.07, 6.45) is 1.67. The van der Waals surface area contributed by atoms with Crippen LogP contribution >= 0.6 is 0 Å². The Labute approximate surface area is 125 Å². The number of aliphatic hydroxyl groups excluding tert-OH is 1. The Morgan fingerprint density at radius 1 is 1.10 bits per heavy atom. The molecule has 1 aromatic heterocycles. The van der Waals surface area contributed by atoms with Crippen LogP contribution in [-0.4, -0.2) is 66.1 Å². The van der Waals surface area contributed by atoms with E-state index in [0.29, 0.717) is 44.0 Å². The number of morpholine rings is 1. The molecule has 0 spiro atoms. The van der Waals surface area contributed by atoms with Crippen LogP contribution in [0.15, 0.2) is 0 Å². The Balaban J connectivity index is 2.10. The van der Waals surface area contributed by atoms with Gasteiger partial charge in [0.1, 0.15) is 0 Å². The maximum absolute atomic E-state index is 8.85. The summed E-state index contributed by atoms with van der Waals surface area (Å²) in [5, 5.41) is 15.2. The van der Waals surface area contributed by atoms with E-state index < -0.39 is 0 Å². The van der Waals surface area contributed by atoms with Gasteiger partial charge in [-0.2, -0.15) is 15.0 Å². The van der Waals surface area contributed by atoms with Gasteiger partial charge in [0.25, 0.3) is 0 Å². The molecule has 3 N–H and O–H groups in total. The van der Waals surface area contributed by atoms with Crippen LogP contribution in [0, 0.1) is 0 Å². The third kappa shape index (κ3) is 4.98. The highest BCUT2D eigenvalue weighted by Gasteiger charge is 2.16. The van der Waals surface area contributed by atoms with Gasteiger partial charge in [-0.05, 0) is 12.8 Å². The van der Waals surface area contributed by atoms with Crippen LogP contribution in [0.2, 0.25) is 0 Å². The quantitative estimate of drug-likeness (QED) is 0.591. The van der Waals surface area contributed by atoms with Crippen LogP contribution in [-0.2, 0) is 4.74 Å². The number of nitrogens with zero attached hydrogens (tertiary/aromatic N) is 4. The molecule has 1 saturated heterocycles. The van der Waals surface area contributed by atoms with Crippen molar-refractivity contribution >= 4 is 17.8 Å². The number of hydrogen-bond acceptors (Lipinski definition) is 8. The molecule has 1 fully saturated rings. The highest BCUT2D eigenvalue weighted by atomic mass is 16.5. The summed E-state index contributed by atoms with van der Waals surface area (Å²) in [4.78, 5) is 15.4. The smallest absolute Gasteiger partial charge is 0.232 e. The van der Waals surface area contributed by atoms with Gasteiger partial charge in [-0.1, -0.05) is 6.92 Å². The van der Waals surface area contributed by atoms with Crippen molar-refractivity contribution < 1.29 is 9.84 Å². The molecule has 0 saturated carbocycles. The molecule has 2 rings (SSSR count). The Morgan fingerprint density at radius 2 is 1.76 bits per heavy atom. The lowest BCUT2D eigenvalue weighted by Crippen LogP contribution is -2.37. The summed E-state index contributed by atoms with van der Waals surface area (Å²) in [6, 6.07) is 0. The lowest BCUT2D eigenvalue weighted by atomic mass is 10.4. The summed E-state index contributed by atoms with van der Waals surface area (Å²) in [5.74, 6) is 1.79. The first-order valence-corrected chi connectivity index (χ1v) is 7.51. The zero-order chi connectivity index (χ0) is 14.9. The standard InChI is InChI=1S/C13H24N6O2/c1-2-4-14-11-16-12(15-5-3-8-20)18-13(17-11)19-6-9-21-10-7-19/h20H,2-10H2,1H3,(H2,14,15,16,17,18). The molecule has 0 radical (unpaired) electrons. The molecule has 8 nitrogen and oxygen atoms in total. The number of nitrogens with one attached hydrogen (secondary N) is 2. The highest BCUT2D eigenvalue weighted by Crippen LogP contribution is 2.15. The maximum Gasteiger partial charge on any atom is 0.232 e. The van der Waals surface area contributed by atoms with Crippen LogP contribution in [0.1, 0.15) is 19.8 Å². The number of ether oxygens (including phenoxy) is 1. The second-order valence-corrected chi connectivity index (χ2v) is 4.81. The van der Waals surface area contributed by atoms with Gasteiger partial charge in [-0.15, -0.1) is 0 Å². The third-order valence-corrected chi connectivity index (χ3v) is 3.07. The molecule has 0 amide bonds. The first-order chi connectivity index (χ1) is 10.3. The Hall–Kier alpha value is -1.67. The van der Waals surface area contributed by atoms with Gasteiger partial charge in [0.05, 0.1) is 13.2 Å². The van der Waals surface area contributed by atoms with E-state index in [1.807, 2.05) is 0 Å². The maximum atomic E-state index is 8.85. The van der Waals surface area contributed by atoms with Gasteiger partial charge in [-0.3, -0.25) is 0 Å². The summed E-state index contributed by atoms with van der Waals surface area (Å²) in [6.45, 7) is 6.65. The van der Waals surface area contributed by atoms with Crippen molar-refractivity contribution in [3.05, 3.63) is 0 Å². The van der Waals surface area contributed by atoms with Gasteiger partial charge in [-0.25, -0.2) is 0 Å². The minimum Gasteiger partial charge on any atom is -0.396 e. The lowest BCUT2D eigenvalue weighted by molar-refractivity contribution is 0.122. The van der Waals surface area contributed by atoms with E-state index in [9.17, 15) is 0 Å². The van der Waals surface area contributed by atoms with Crippen molar-refractivity contribution in [2.45, 2.75) is 19.8 Å². The van der Waals surface area contributed by atoms with E-state index in [1.54, 1.807) is 0 Å². The lowest BCUT2D eigenvalue weighted by Gasteiger charge is -2.27. The fourth-order valence-electron chi connectivity index (χ4n) is 1.94. The molecule has 0 bridgehead atoms. The average molecular weight is 296 g/mol. The first-order valence-electron chi connectivity index (χ1n) is 7.51. The number of anilines is 3. The van der Waals surface area contributed by atoms with Crippen molar-refractivity contribution in [3.8, 4) is 0 Å². The Kier molecular flexibility index (Phi) is 6.42. The second kappa shape index (κ2) is 8.58. The fourth-order valence-corrected chi connectivity index (χ4v) is 1.94. The van der Waals surface area contributed by atoms with Crippen LogP contribution in [0.4, 0.5) is 17.8 Å². The van der Waals surface area contributed by atoms with Gasteiger partial charge >= 0.3 is 0 Å². The highest BCUT2D eigenvalue weighted by molar-refractivity contribution is 5.44. The summed E-state index contributed by atoms with van der Waals surface area (Å²) < 4.78 is 5.35. The normalized spacial score (nSPS) is 15.0. The number of aliphatic hydroxyl groups is 1. The summed E-state index contributed by atoms with van der Waals surface area (Å²) in [7, 11) is 0. The molecule has 2 heterocycles. The minimum atomic E-state index is 0.148. The van der Waals surface area contributed by atoms with E-state index in [1.165, 1.54) is 0 Å².